The number of para-hydroxylation sites is 1. The molecule has 1 aromatic rings. The normalized spacial score (nSPS) is 18.1. The first-order valence-electron chi connectivity index (χ1n) is 5.96. The van der Waals surface area contributed by atoms with Gasteiger partial charge in [0.2, 0.25) is 5.75 Å². The average Bonchev–Trinajstić information content (AvgIpc) is 2.90. The van der Waals surface area contributed by atoms with E-state index in [1.165, 1.54) is 25.3 Å². The third-order valence-corrected chi connectivity index (χ3v) is 3.04. The Morgan fingerprint density at radius 1 is 1.58 bits per heavy atom. The van der Waals surface area contributed by atoms with Crippen LogP contribution in [-0.2, 0) is 0 Å². The number of hydrogen-bond donors (Lipinski definition) is 2. The van der Waals surface area contributed by atoms with Crippen LogP contribution < -0.4 is 15.4 Å². The molecule has 1 heterocycles. The molecule has 1 aliphatic heterocycles. The largest absolute Gasteiger partial charge is 0.490 e. The number of nitro groups is 1. The average molecular weight is 265 g/mol. The first-order valence-corrected chi connectivity index (χ1v) is 5.96. The van der Waals surface area contributed by atoms with Gasteiger partial charge in [0, 0.05) is 18.7 Å². The van der Waals surface area contributed by atoms with Crippen molar-refractivity contribution in [1.82, 2.24) is 10.6 Å². The van der Waals surface area contributed by atoms with E-state index >= 15 is 0 Å². The Balaban J connectivity index is 2.25. The zero-order valence-electron chi connectivity index (χ0n) is 10.5. The van der Waals surface area contributed by atoms with Crippen molar-refractivity contribution in [2.45, 2.75) is 12.5 Å². The zero-order valence-corrected chi connectivity index (χ0v) is 10.5. The molecule has 1 fully saturated rings. The quantitative estimate of drug-likeness (QED) is 0.617. The summed E-state index contributed by atoms with van der Waals surface area (Å²) in [6.45, 7) is 1.57. The second kappa shape index (κ2) is 5.66. The van der Waals surface area contributed by atoms with Gasteiger partial charge in [0.1, 0.15) is 0 Å². The molecule has 0 saturated carbocycles. The third kappa shape index (κ3) is 2.82. The van der Waals surface area contributed by atoms with E-state index in [0.717, 1.165) is 13.0 Å². The summed E-state index contributed by atoms with van der Waals surface area (Å²) in [6, 6.07) is 4.36. The van der Waals surface area contributed by atoms with Gasteiger partial charge in [0.25, 0.3) is 5.91 Å². The van der Waals surface area contributed by atoms with Gasteiger partial charge in [-0.1, -0.05) is 6.07 Å². The fraction of sp³-hybridized carbons (Fsp3) is 0.417. The Morgan fingerprint density at radius 2 is 2.37 bits per heavy atom. The Hall–Kier alpha value is -2.15. The number of nitro benzene ring substituents is 1. The van der Waals surface area contributed by atoms with Gasteiger partial charge in [-0.25, -0.2) is 0 Å². The topological polar surface area (TPSA) is 93.5 Å². The zero-order chi connectivity index (χ0) is 13.8. The molecular formula is C12H15N3O4. The van der Waals surface area contributed by atoms with Crippen molar-refractivity contribution in [3.63, 3.8) is 0 Å². The summed E-state index contributed by atoms with van der Waals surface area (Å²) >= 11 is 0. The van der Waals surface area contributed by atoms with Gasteiger partial charge in [-0.2, -0.15) is 0 Å². The van der Waals surface area contributed by atoms with E-state index < -0.39 is 4.92 Å². The van der Waals surface area contributed by atoms with Crippen molar-refractivity contribution in [2.75, 3.05) is 20.2 Å². The highest BCUT2D eigenvalue weighted by molar-refractivity contribution is 5.98. The molecule has 0 aromatic heterocycles. The monoisotopic (exact) mass is 265 g/mol. The summed E-state index contributed by atoms with van der Waals surface area (Å²) < 4.78 is 5.01. The molecule has 1 amide bonds. The predicted octanol–water partition coefficient (Wildman–Crippen LogP) is 0.695. The van der Waals surface area contributed by atoms with Crippen molar-refractivity contribution in [2.24, 2.45) is 0 Å². The van der Waals surface area contributed by atoms with Gasteiger partial charge >= 0.3 is 5.69 Å². The number of methoxy groups -OCH3 is 1. The number of carbonyl (C=O) groups excluding carboxylic acids is 1. The lowest BCUT2D eigenvalue weighted by Gasteiger charge is -2.13. The van der Waals surface area contributed by atoms with E-state index in [9.17, 15) is 14.9 Å². The fourth-order valence-electron chi connectivity index (χ4n) is 2.10. The molecule has 2 N–H and O–H groups in total. The number of ether oxygens (including phenoxy) is 1. The van der Waals surface area contributed by atoms with Gasteiger partial charge in [-0.15, -0.1) is 0 Å². The maximum absolute atomic E-state index is 12.1. The van der Waals surface area contributed by atoms with Crippen molar-refractivity contribution in [1.29, 1.82) is 0 Å². The Morgan fingerprint density at radius 3 is 2.95 bits per heavy atom. The second-order valence-corrected chi connectivity index (χ2v) is 4.28. The van der Waals surface area contributed by atoms with Crippen LogP contribution in [0, 0.1) is 10.1 Å². The summed E-state index contributed by atoms with van der Waals surface area (Å²) in [4.78, 5) is 22.4. The lowest BCUT2D eigenvalue weighted by molar-refractivity contribution is -0.385. The van der Waals surface area contributed by atoms with Crippen LogP contribution in [0.5, 0.6) is 5.75 Å². The lowest BCUT2D eigenvalue weighted by Crippen LogP contribution is -2.36. The molecule has 19 heavy (non-hydrogen) atoms. The molecule has 0 aliphatic carbocycles. The SMILES string of the molecule is COc1c(C(=O)NC2CCNC2)cccc1[N+](=O)[O-]. The van der Waals surface area contributed by atoms with Crippen LogP contribution in [0.2, 0.25) is 0 Å². The summed E-state index contributed by atoms with van der Waals surface area (Å²) in [5.74, 6) is -0.356. The van der Waals surface area contributed by atoms with Crippen LogP contribution in [0.1, 0.15) is 16.8 Å². The van der Waals surface area contributed by atoms with Crippen molar-refractivity contribution in [3.05, 3.63) is 33.9 Å². The van der Waals surface area contributed by atoms with Gasteiger partial charge in [0.15, 0.2) is 0 Å². The number of hydrogen-bond acceptors (Lipinski definition) is 5. The molecule has 0 bridgehead atoms. The van der Waals surface area contributed by atoms with Crippen molar-refractivity contribution < 1.29 is 14.5 Å². The predicted molar refractivity (Wildman–Crippen MR) is 68.4 cm³/mol. The van der Waals surface area contributed by atoms with Crippen LogP contribution in [0.3, 0.4) is 0 Å². The highest BCUT2D eigenvalue weighted by Gasteiger charge is 2.24. The molecule has 102 valence electrons. The molecule has 1 saturated heterocycles. The molecular weight excluding hydrogens is 250 g/mol. The Bertz CT molecular complexity index is 498. The van der Waals surface area contributed by atoms with Gasteiger partial charge < -0.3 is 15.4 Å². The lowest BCUT2D eigenvalue weighted by atomic mass is 10.1. The van der Waals surface area contributed by atoms with Crippen molar-refractivity contribution >= 4 is 11.6 Å². The summed E-state index contributed by atoms with van der Waals surface area (Å²) in [6.07, 6.45) is 0.850. The summed E-state index contributed by atoms with van der Waals surface area (Å²) in [5, 5.41) is 16.8. The van der Waals surface area contributed by atoms with E-state index in [0.29, 0.717) is 6.54 Å². The second-order valence-electron chi connectivity index (χ2n) is 4.28. The van der Waals surface area contributed by atoms with Gasteiger partial charge in [-0.3, -0.25) is 14.9 Å². The Kier molecular flexibility index (Phi) is 3.96. The van der Waals surface area contributed by atoms with Gasteiger partial charge in [0.05, 0.1) is 17.6 Å². The summed E-state index contributed by atoms with van der Waals surface area (Å²) in [7, 11) is 1.32. The minimum Gasteiger partial charge on any atom is -0.490 e. The van der Waals surface area contributed by atoms with Crippen LogP contribution in [0.25, 0.3) is 0 Å². The van der Waals surface area contributed by atoms with Crippen molar-refractivity contribution in [3.8, 4) is 5.75 Å². The highest BCUT2D eigenvalue weighted by Crippen LogP contribution is 2.30. The maximum atomic E-state index is 12.1. The molecule has 1 aromatic carbocycles. The highest BCUT2D eigenvalue weighted by atomic mass is 16.6. The van der Waals surface area contributed by atoms with Crippen LogP contribution in [-0.4, -0.2) is 37.1 Å². The number of nitrogens with zero attached hydrogens (tertiary/aromatic N) is 1. The molecule has 2 rings (SSSR count). The fourth-order valence-corrected chi connectivity index (χ4v) is 2.10. The molecule has 7 heteroatoms. The number of benzene rings is 1. The molecule has 0 radical (unpaired) electrons. The smallest absolute Gasteiger partial charge is 0.311 e. The number of carbonyl (C=O) groups is 1. The minimum atomic E-state index is -0.563. The van der Waals surface area contributed by atoms with E-state index in [1.54, 1.807) is 0 Å². The first kappa shape index (κ1) is 13.3. The maximum Gasteiger partial charge on any atom is 0.311 e. The van der Waals surface area contributed by atoms with E-state index in [1.807, 2.05) is 0 Å². The molecule has 7 nitrogen and oxygen atoms in total. The van der Waals surface area contributed by atoms with Crippen LogP contribution >= 0.6 is 0 Å². The first-order chi connectivity index (χ1) is 9.13. The minimum absolute atomic E-state index is 0.00374. The number of amides is 1. The number of rotatable bonds is 4. The molecule has 1 atom stereocenters. The molecule has 1 aliphatic rings. The van der Waals surface area contributed by atoms with E-state index in [-0.39, 0.29) is 28.9 Å². The molecule has 1 unspecified atom stereocenters. The van der Waals surface area contributed by atoms with Crippen LogP contribution in [0.4, 0.5) is 5.69 Å². The molecule has 0 spiro atoms. The summed E-state index contributed by atoms with van der Waals surface area (Å²) in [5.41, 5.74) is -0.0247. The van der Waals surface area contributed by atoms with Crippen LogP contribution in [0.15, 0.2) is 18.2 Å². The van der Waals surface area contributed by atoms with Gasteiger partial charge in [-0.05, 0) is 19.0 Å². The Labute approximate surface area is 110 Å². The van der Waals surface area contributed by atoms with E-state index in [4.69, 9.17) is 4.74 Å². The number of nitrogens with one attached hydrogen (secondary N) is 2. The van der Waals surface area contributed by atoms with E-state index in [2.05, 4.69) is 10.6 Å². The standard InChI is InChI=1S/C12H15N3O4/c1-19-11-9(3-2-4-10(11)15(17)18)12(16)14-8-5-6-13-7-8/h2-4,8,13H,5-7H2,1H3,(H,14,16). The third-order valence-electron chi connectivity index (χ3n) is 3.04.